The molecule has 0 spiro atoms. The number of carbonyl (C=O) groups is 1. The smallest absolute Gasteiger partial charge is 0.414 e. The summed E-state index contributed by atoms with van der Waals surface area (Å²) >= 11 is 0. The molecule has 0 saturated carbocycles. The third-order valence-corrected chi connectivity index (χ3v) is 6.04. The molecule has 1 heterocycles. The van der Waals surface area contributed by atoms with Crippen LogP contribution >= 0.6 is 0 Å². The van der Waals surface area contributed by atoms with Crippen molar-refractivity contribution in [3.8, 4) is 0 Å². The van der Waals surface area contributed by atoms with Gasteiger partial charge in [0.1, 0.15) is 11.3 Å². The van der Waals surface area contributed by atoms with E-state index in [-0.39, 0.29) is 22.1 Å². The van der Waals surface area contributed by atoms with Crippen molar-refractivity contribution in [2.45, 2.75) is 73.1 Å². The molecule has 1 atom stereocenters. The first kappa shape index (κ1) is 25.5. The van der Waals surface area contributed by atoms with Crippen molar-refractivity contribution in [1.82, 2.24) is 5.32 Å². The zero-order valence-electron chi connectivity index (χ0n) is 21.2. The summed E-state index contributed by atoms with van der Waals surface area (Å²) in [4.78, 5) is 25.7. The zero-order chi connectivity index (χ0) is 25.3. The number of rotatable bonds is 6. The van der Waals surface area contributed by atoms with Crippen molar-refractivity contribution in [3.05, 3.63) is 57.6 Å². The Labute approximate surface area is 201 Å². The molecular weight excluding hydrogens is 432 g/mol. The Morgan fingerprint density at radius 1 is 1.15 bits per heavy atom. The van der Waals surface area contributed by atoms with Gasteiger partial charge < -0.3 is 15.4 Å². The highest BCUT2D eigenvalue weighted by Gasteiger charge is 2.29. The summed E-state index contributed by atoms with van der Waals surface area (Å²) in [6.07, 6.45) is 0.347. The molecule has 34 heavy (non-hydrogen) atoms. The monoisotopic (exact) mass is 468 g/mol. The van der Waals surface area contributed by atoms with E-state index in [1.165, 1.54) is 0 Å². The van der Waals surface area contributed by atoms with Crippen LogP contribution in [0.5, 0.6) is 0 Å². The van der Waals surface area contributed by atoms with Gasteiger partial charge in [-0.2, -0.15) is 0 Å². The SMILES string of the molecule is C[C@H](NCc1ccc(Nc2ccc3c(c2)N(C(=O)OC(C)(C)C)CC3)c([N+](=O)[O-])c1)C(C)(C)C. The second kappa shape index (κ2) is 9.62. The van der Waals surface area contributed by atoms with Gasteiger partial charge in [0.05, 0.1) is 10.6 Å². The molecule has 1 aliphatic rings. The molecule has 0 bridgehead atoms. The normalized spacial score (nSPS) is 14.5. The van der Waals surface area contributed by atoms with Gasteiger partial charge in [0.15, 0.2) is 0 Å². The maximum absolute atomic E-state index is 12.6. The molecule has 2 N–H and O–H groups in total. The van der Waals surface area contributed by atoms with Crippen molar-refractivity contribution >= 4 is 28.8 Å². The number of nitrogens with zero attached hydrogens (tertiary/aromatic N) is 2. The zero-order valence-corrected chi connectivity index (χ0v) is 21.2. The molecule has 1 aliphatic heterocycles. The highest BCUT2D eigenvalue weighted by molar-refractivity contribution is 5.91. The highest BCUT2D eigenvalue weighted by atomic mass is 16.6. The number of nitrogens with one attached hydrogen (secondary N) is 2. The lowest BCUT2D eigenvalue weighted by Gasteiger charge is -2.28. The summed E-state index contributed by atoms with van der Waals surface area (Å²) in [6, 6.07) is 11.1. The molecule has 2 aromatic carbocycles. The fourth-order valence-electron chi connectivity index (χ4n) is 3.64. The molecule has 8 heteroatoms. The Kier molecular flexibility index (Phi) is 7.21. The van der Waals surface area contributed by atoms with E-state index in [2.05, 4.69) is 38.3 Å². The predicted octanol–water partition coefficient (Wildman–Crippen LogP) is 6.16. The van der Waals surface area contributed by atoms with Gasteiger partial charge in [0.2, 0.25) is 0 Å². The van der Waals surface area contributed by atoms with Crippen LogP contribution < -0.4 is 15.5 Å². The summed E-state index contributed by atoms with van der Waals surface area (Å²) in [5.74, 6) is 0. The van der Waals surface area contributed by atoms with E-state index in [1.54, 1.807) is 17.0 Å². The van der Waals surface area contributed by atoms with E-state index in [0.29, 0.717) is 24.5 Å². The molecule has 184 valence electrons. The number of anilines is 3. The quantitative estimate of drug-likeness (QED) is 0.389. The van der Waals surface area contributed by atoms with Crippen LogP contribution in [0.2, 0.25) is 0 Å². The summed E-state index contributed by atoms with van der Waals surface area (Å²) in [6.45, 7) is 15.2. The molecule has 0 unspecified atom stereocenters. The van der Waals surface area contributed by atoms with Gasteiger partial charge in [0.25, 0.3) is 5.69 Å². The molecule has 0 radical (unpaired) electrons. The maximum atomic E-state index is 12.6. The number of fused-ring (bicyclic) bond motifs is 1. The standard InChI is InChI=1S/C26H36N4O4/c1-17(25(2,3)4)27-16-18-8-11-21(23(14-18)30(32)33)28-20-10-9-19-12-13-29(22(19)15-20)24(31)34-26(5,6)7/h8-11,14-15,17,27-28H,12-13,16H2,1-7H3/t17-/m0/s1. The molecule has 8 nitrogen and oxygen atoms in total. The maximum Gasteiger partial charge on any atom is 0.414 e. The van der Waals surface area contributed by atoms with Gasteiger partial charge in [-0.1, -0.05) is 32.9 Å². The number of benzene rings is 2. The minimum absolute atomic E-state index is 0.00667. The third-order valence-electron chi connectivity index (χ3n) is 6.04. The van der Waals surface area contributed by atoms with E-state index >= 15 is 0 Å². The number of hydrogen-bond acceptors (Lipinski definition) is 6. The lowest BCUT2D eigenvalue weighted by molar-refractivity contribution is -0.384. The highest BCUT2D eigenvalue weighted by Crippen LogP contribution is 2.35. The van der Waals surface area contributed by atoms with Crippen LogP contribution in [-0.2, 0) is 17.7 Å². The van der Waals surface area contributed by atoms with Crippen molar-refractivity contribution < 1.29 is 14.5 Å². The van der Waals surface area contributed by atoms with Crippen LogP contribution in [0.25, 0.3) is 0 Å². The van der Waals surface area contributed by atoms with E-state index in [0.717, 1.165) is 23.2 Å². The van der Waals surface area contributed by atoms with Crippen molar-refractivity contribution in [3.63, 3.8) is 0 Å². The van der Waals surface area contributed by atoms with Gasteiger partial charge >= 0.3 is 6.09 Å². The molecule has 2 aromatic rings. The minimum Gasteiger partial charge on any atom is -0.443 e. The number of nitro groups is 1. The van der Waals surface area contributed by atoms with Crippen LogP contribution in [0.1, 0.15) is 59.6 Å². The lowest BCUT2D eigenvalue weighted by Crippen LogP contribution is -2.37. The first-order valence-electron chi connectivity index (χ1n) is 11.7. The van der Waals surface area contributed by atoms with Gasteiger partial charge in [-0.3, -0.25) is 15.0 Å². The number of amides is 1. The van der Waals surface area contributed by atoms with Crippen LogP contribution in [0, 0.1) is 15.5 Å². The first-order chi connectivity index (χ1) is 15.7. The summed E-state index contributed by atoms with van der Waals surface area (Å²) in [5, 5.41) is 18.4. The number of hydrogen-bond donors (Lipinski definition) is 2. The Balaban J connectivity index is 1.80. The second-order valence-corrected chi connectivity index (χ2v) is 10.9. The van der Waals surface area contributed by atoms with Gasteiger partial charge in [-0.25, -0.2) is 4.79 Å². The molecule has 0 fully saturated rings. The van der Waals surface area contributed by atoms with Crippen molar-refractivity contribution in [2.75, 3.05) is 16.8 Å². The molecular formula is C26H36N4O4. The van der Waals surface area contributed by atoms with Crippen LogP contribution in [0.15, 0.2) is 36.4 Å². The average molecular weight is 469 g/mol. The summed E-state index contributed by atoms with van der Waals surface area (Å²) < 4.78 is 5.53. The largest absolute Gasteiger partial charge is 0.443 e. The van der Waals surface area contributed by atoms with E-state index in [1.807, 2.05) is 45.0 Å². The Morgan fingerprint density at radius 2 is 1.85 bits per heavy atom. The number of carbonyl (C=O) groups excluding carboxylic acids is 1. The van der Waals surface area contributed by atoms with E-state index < -0.39 is 11.7 Å². The minimum atomic E-state index is -0.586. The lowest BCUT2D eigenvalue weighted by atomic mass is 9.88. The molecule has 0 saturated heterocycles. The Bertz CT molecular complexity index is 1070. The van der Waals surface area contributed by atoms with E-state index in [4.69, 9.17) is 4.74 Å². The summed E-state index contributed by atoms with van der Waals surface area (Å²) in [7, 11) is 0. The number of nitro benzene ring substituents is 1. The molecule has 0 aliphatic carbocycles. The fraction of sp³-hybridized carbons (Fsp3) is 0.500. The van der Waals surface area contributed by atoms with Gasteiger partial charge in [-0.15, -0.1) is 0 Å². The second-order valence-electron chi connectivity index (χ2n) is 10.9. The van der Waals surface area contributed by atoms with Crippen LogP contribution in [0.3, 0.4) is 0 Å². The number of ether oxygens (including phenoxy) is 1. The Hall–Kier alpha value is -3.13. The molecule has 3 rings (SSSR count). The van der Waals surface area contributed by atoms with Crippen LogP contribution in [-0.4, -0.2) is 29.2 Å². The van der Waals surface area contributed by atoms with Crippen molar-refractivity contribution in [2.24, 2.45) is 5.41 Å². The van der Waals surface area contributed by atoms with Gasteiger partial charge in [-0.05, 0) is 68.9 Å². The van der Waals surface area contributed by atoms with Crippen molar-refractivity contribution in [1.29, 1.82) is 0 Å². The van der Waals surface area contributed by atoms with E-state index in [9.17, 15) is 14.9 Å². The molecule has 0 aromatic heterocycles. The Morgan fingerprint density at radius 3 is 2.47 bits per heavy atom. The predicted molar refractivity (Wildman–Crippen MR) is 136 cm³/mol. The van der Waals surface area contributed by atoms with Crippen LogP contribution in [0.4, 0.5) is 27.5 Å². The molecule has 1 amide bonds. The average Bonchev–Trinajstić information content (AvgIpc) is 3.14. The topological polar surface area (TPSA) is 96.7 Å². The first-order valence-corrected chi connectivity index (χ1v) is 11.7. The third kappa shape index (κ3) is 6.26. The fourth-order valence-corrected chi connectivity index (χ4v) is 3.64. The summed E-state index contributed by atoms with van der Waals surface area (Å²) in [5.41, 5.74) is 3.24. The van der Waals surface area contributed by atoms with Gasteiger partial charge in [0, 0.05) is 30.9 Å².